The Labute approximate surface area is 150 Å². The van der Waals surface area contributed by atoms with Crippen molar-refractivity contribution in [3.05, 3.63) is 23.8 Å². The van der Waals surface area contributed by atoms with Crippen LogP contribution in [0, 0.1) is 0 Å². The number of piperidine rings is 1. The van der Waals surface area contributed by atoms with Gasteiger partial charge in [0.25, 0.3) is 0 Å². The molecule has 1 aromatic rings. The number of amides is 1. The summed E-state index contributed by atoms with van der Waals surface area (Å²) in [6.07, 6.45) is 2.49. The topological polar surface area (TPSA) is 55.8 Å². The molecule has 1 aromatic carbocycles. The minimum absolute atomic E-state index is 0.0850. The van der Waals surface area contributed by atoms with Crippen LogP contribution in [0.25, 0.3) is 0 Å². The SMILES string of the molecule is CCC(Br)C(=O)N1CCC2(CC1)CC(=O)c1cc(OC)ccc1O2. The number of hydrogen-bond acceptors (Lipinski definition) is 4. The molecule has 1 unspecified atom stereocenters. The lowest BCUT2D eigenvalue weighted by Crippen LogP contribution is -2.53. The highest BCUT2D eigenvalue weighted by Gasteiger charge is 2.44. The number of alkyl halides is 1. The van der Waals surface area contributed by atoms with Crippen molar-refractivity contribution in [1.29, 1.82) is 0 Å². The molecule has 1 amide bonds. The molecule has 2 aliphatic rings. The minimum Gasteiger partial charge on any atom is -0.497 e. The average Bonchev–Trinajstić information content (AvgIpc) is 2.61. The molecule has 1 atom stereocenters. The van der Waals surface area contributed by atoms with E-state index in [-0.39, 0.29) is 16.5 Å². The van der Waals surface area contributed by atoms with E-state index in [0.29, 0.717) is 49.4 Å². The van der Waals surface area contributed by atoms with Crippen LogP contribution < -0.4 is 9.47 Å². The molecule has 24 heavy (non-hydrogen) atoms. The van der Waals surface area contributed by atoms with E-state index in [0.717, 1.165) is 6.42 Å². The summed E-state index contributed by atoms with van der Waals surface area (Å²) in [7, 11) is 1.58. The minimum atomic E-state index is -0.483. The van der Waals surface area contributed by atoms with E-state index in [4.69, 9.17) is 9.47 Å². The van der Waals surface area contributed by atoms with Crippen LogP contribution in [0.5, 0.6) is 11.5 Å². The lowest BCUT2D eigenvalue weighted by Gasteiger charge is -2.44. The smallest absolute Gasteiger partial charge is 0.236 e. The number of ether oxygens (including phenoxy) is 2. The third-order valence-electron chi connectivity index (χ3n) is 4.91. The summed E-state index contributed by atoms with van der Waals surface area (Å²) in [4.78, 5) is 26.6. The molecule has 3 rings (SSSR count). The van der Waals surface area contributed by atoms with Gasteiger partial charge in [0.1, 0.15) is 17.1 Å². The first-order chi connectivity index (χ1) is 11.5. The molecule has 1 fully saturated rings. The normalized spacial score (nSPS) is 20.3. The van der Waals surface area contributed by atoms with Crippen molar-refractivity contribution in [1.82, 2.24) is 4.90 Å². The van der Waals surface area contributed by atoms with Crippen LogP contribution in [0.2, 0.25) is 0 Å². The van der Waals surface area contributed by atoms with Crippen molar-refractivity contribution in [3.63, 3.8) is 0 Å². The zero-order valence-electron chi connectivity index (χ0n) is 14.0. The first-order valence-electron chi connectivity index (χ1n) is 8.31. The second-order valence-corrected chi connectivity index (χ2v) is 7.55. The van der Waals surface area contributed by atoms with E-state index in [1.807, 2.05) is 11.8 Å². The Balaban J connectivity index is 1.73. The highest BCUT2D eigenvalue weighted by Crippen LogP contribution is 2.40. The largest absolute Gasteiger partial charge is 0.497 e. The molecule has 6 heteroatoms. The Hall–Kier alpha value is -1.56. The van der Waals surface area contributed by atoms with Crippen LogP contribution in [-0.4, -0.2) is 47.2 Å². The summed E-state index contributed by atoms with van der Waals surface area (Å²) in [5.74, 6) is 1.49. The van der Waals surface area contributed by atoms with Crippen LogP contribution in [0.3, 0.4) is 0 Å². The second-order valence-electron chi connectivity index (χ2n) is 6.45. The van der Waals surface area contributed by atoms with E-state index in [9.17, 15) is 9.59 Å². The van der Waals surface area contributed by atoms with E-state index in [2.05, 4.69) is 15.9 Å². The van der Waals surface area contributed by atoms with Crippen molar-refractivity contribution in [3.8, 4) is 11.5 Å². The van der Waals surface area contributed by atoms with Gasteiger partial charge in [0.15, 0.2) is 5.78 Å². The fourth-order valence-electron chi connectivity index (χ4n) is 3.39. The molecule has 0 saturated carbocycles. The van der Waals surface area contributed by atoms with Crippen molar-refractivity contribution in [2.45, 2.75) is 43.0 Å². The molecule has 0 N–H and O–H groups in total. The van der Waals surface area contributed by atoms with Crippen LogP contribution in [-0.2, 0) is 4.79 Å². The molecule has 0 bridgehead atoms. The van der Waals surface area contributed by atoms with Gasteiger partial charge < -0.3 is 14.4 Å². The second kappa shape index (κ2) is 6.75. The number of hydrogen-bond donors (Lipinski definition) is 0. The molecular formula is C18H22BrNO4. The Kier molecular flexibility index (Phi) is 4.85. The molecule has 1 spiro atoms. The number of rotatable bonds is 3. The zero-order chi connectivity index (χ0) is 17.3. The summed E-state index contributed by atoms with van der Waals surface area (Å²) < 4.78 is 11.4. The maximum atomic E-state index is 12.6. The first kappa shape index (κ1) is 17.3. The van der Waals surface area contributed by atoms with Gasteiger partial charge in [-0.15, -0.1) is 0 Å². The van der Waals surface area contributed by atoms with E-state index in [1.54, 1.807) is 25.3 Å². The highest BCUT2D eigenvalue weighted by molar-refractivity contribution is 9.10. The Morgan fingerprint density at radius 1 is 1.42 bits per heavy atom. The van der Waals surface area contributed by atoms with Crippen LogP contribution in [0.15, 0.2) is 18.2 Å². The number of benzene rings is 1. The summed E-state index contributed by atoms with van der Waals surface area (Å²) in [6.45, 7) is 3.23. The monoisotopic (exact) mass is 395 g/mol. The number of carbonyl (C=O) groups excluding carboxylic acids is 2. The third kappa shape index (κ3) is 3.16. The summed E-state index contributed by atoms with van der Waals surface area (Å²) >= 11 is 3.42. The summed E-state index contributed by atoms with van der Waals surface area (Å²) in [6, 6.07) is 5.34. The van der Waals surface area contributed by atoms with Gasteiger partial charge in [-0.1, -0.05) is 22.9 Å². The summed E-state index contributed by atoms with van der Waals surface area (Å²) in [5, 5.41) is 0. The number of halogens is 1. The third-order valence-corrected chi connectivity index (χ3v) is 5.95. The van der Waals surface area contributed by atoms with E-state index < -0.39 is 5.60 Å². The van der Waals surface area contributed by atoms with Crippen LogP contribution in [0.1, 0.15) is 43.0 Å². The zero-order valence-corrected chi connectivity index (χ0v) is 15.6. The molecule has 0 aromatic heterocycles. The highest BCUT2D eigenvalue weighted by atomic mass is 79.9. The maximum absolute atomic E-state index is 12.6. The molecule has 2 heterocycles. The lowest BCUT2D eigenvalue weighted by molar-refractivity contribution is -0.134. The number of carbonyl (C=O) groups is 2. The van der Waals surface area contributed by atoms with Gasteiger partial charge in [0.05, 0.1) is 23.9 Å². The van der Waals surface area contributed by atoms with Crippen molar-refractivity contribution < 1.29 is 19.1 Å². The maximum Gasteiger partial charge on any atom is 0.236 e. The molecule has 2 aliphatic heterocycles. The van der Waals surface area contributed by atoms with Crippen molar-refractivity contribution in [2.75, 3.05) is 20.2 Å². The van der Waals surface area contributed by atoms with E-state index in [1.165, 1.54) is 0 Å². The standard InChI is InChI=1S/C18H22BrNO4/c1-3-14(19)17(22)20-8-6-18(7-9-20)11-15(21)13-10-12(23-2)4-5-16(13)24-18/h4-5,10,14H,3,6-9,11H2,1-2H3. The number of nitrogens with zero attached hydrogens (tertiary/aromatic N) is 1. The molecular weight excluding hydrogens is 374 g/mol. The molecule has 1 saturated heterocycles. The Morgan fingerprint density at radius 3 is 2.75 bits per heavy atom. The van der Waals surface area contributed by atoms with Crippen molar-refractivity contribution >= 4 is 27.6 Å². The number of ketones is 1. The number of fused-ring (bicyclic) bond motifs is 1. The van der Waals surface area contributed by atoms with Crippen molar-refractivity contribution in [2.24, 2.45) is 0 Å². The van der Waals surface area contributed by atoms with Gasteiger partial charge in [0, 0.05) is 25.9 Å². The number of methoxy groups -OCH3 is 1. The van der Waals surface area contributed by atoms with Gasteiger partial charge in [0.2, 0.25) is 5.91 Å². The predicted octanol–water partition coefficient (Wildman–Crippen LogP) is 3.20. The quantitative estimate of drug-likeness (QED) is 0.737. The predicted molar refractivity (Wildman–Crippen MR) is 94.1 cm³/mol. The fourth-order valence-corrected chi connectivity index (χ4v) is 3.68. The van der Waals surface area contributed by atoms with Gasteiger partial charge in [-0.2, -0.15) is 0 Å². The molecule has 5 nitrogen and oxygen atoms in total. The fraction of sp³-hybridized carbons (Fsp3) is 0.556. The van der Waals surface area contributed by atoms with E-state index >= 15 is 0 Å². The van der Waals surface area contributed by atoms with Gasteiger partial charge in [-0.3, -0.25) is 9.59 Å². The van der Waals surface area contributed by atoms with Gasteiger partial charge in [-0.05, 0) is 24.6 Å². The van der Waals surface area contributed by atoms with Gasteiger partial charge >= 0.3 is 0 Å². The molecule has 0 aliphatic carbocycles. The van der Waals surface area contributed by atoms with Crippen LogP contribution >= 0.6 is 15.9 Å². The molecule has 0 radical (unpaired) electrons. The number of Topliss-reactive ketones (excluding diaryl/α,β-unsaturated/α-hetero) is 1. The van der Waals surface area contributed by atoms with Crippen LogP contribution in [0.4, 0.5) is 0 Å². The first-order valence-corrected chi connectivity index (χ1v) is 9.23. The average molecular weight is 396 g/mol. The Bertz CT molecular complexity index is 652. The lowest BCUT2D eigenvalue weighted by atomic mass is 9.82. The summed E-state index contributed by atoms with van der Waals surface area (Å²) in [5.41, 5.74) is 0.105. The Morgan fingerprint density at radius 2 is 2.12 bits per heavy atom. The number of likely N-dealkylation sites (tertiary alicyclic amines) is 1. The van der Waals surface area contributed by atoms with Gasteiger partial charge in [-0.25, -0.2) is 0 Å². The molecule has 130 valence electrons.